The predicted molar refractivity (Wildman–Crippen MR) is 102 cm³/mol. The number of benzene rings is 1. The van der Waals surface area contributed by atoms with E-state index in [1.807, 2.05) is 23.1 Å². The molecule has 4 rings (SSSR count). The summed E-state index contributed by atoms with van der Waals surface area (Å²) in [6.07, 6.45) is -0.809. The minimum Gasteiger partial charge on any atom is -0.489 e. The molecule has 0 aromatic heterocycles. The van der Waals surface area contributed by atoms with Crippen molar-refractivity contribution in [1.29, 1.82) is 0 Å². The Hall–Kier alpha value is -2.97. The Morgan fingerprint density at radius 2 is 2.04 bits per heavy atom. The summed E-state index contributed by atoms with van der Waals surface area (Å²) in [6, 6.07) is 5.82. The highest BCUT2D eigenvalue weighted by molar-refractivity contribution is 5.91. The van der Waals surface area contributed by atoms with E-state index in [4.69, 9.17) is 9.47 Å². The number of carbonyl (C=O) groups excluding carboxylic acids is 3. The van der Waals surface area contributed by atoms with Gasteiger partial charge in [-0.1, -0.05) is 0 Å². The second kappa shape index (κ2) is 7.21. The Bertz CT molecular complexity index is 814. The summed E-state index contributed by atoms with van der Waals surface area (Å²) in [5.74, 6) is 0.654. The van der Waals surface area contributed by atoms with Crippen LogP contribution < -0.4 is 19.9 Å². The van der Waals surface area contributed by atoms with Gasteiger partial charge in [-0.15, -0.1) is 0 Å². The number of hydrogen-bond acceptors (Lipinski definition) is 6. The molecule has 3 heterocycles. The zero-order valence-corrected chi connectivity index (χ0v) is 16.0. The maximum atomic E-state index is 12.2. The van der Waals surface area contributed by atoms with Crippen LogP contribution in [-0.4, -0.2) is 74.3 Å². The smallest absolute Gasteiger partial charge is 0.414 e. The predicted octanol–water partition coefficient (Wildman–Crippen LogP) is 0.577. The number of amides is 3. The van der Waals surface area contributed by atoms with E-state index in [-0.39, 0.29) is 24.0 Å². The summed E-state index contributed by atoms with van der Waals surface area (Å²) in [5, 5.41) is 2.67. The summed E-state index contributed by atoms with van der Waals surface area (Å²) in [4.78, 5) is 40.6. The number of carbonyl (C=O) groups is 3. The van der Waals surface area contributed by atoms with Gasteiger partial charge in [-0.05, 0) is 12.1 Å². The summed E-state index contributed by atoms with van der Waals surface area (Å²) < 4.78 is 11.3. The van der Waals surface area contributed by atoms with Crippen LogP contribution in [0.5, 0.6) is 5.75 Å². The second-order valence-corrected chi connectivity index (χ2v) is 7.33. The van der Waals surface area contributed by atoms with Gasteiger partial charge in [0.25, 0.3) is 0 Å². The lowest BCUT2D eigenvalue weighted by atomic mass is 10.1. The molecule has 9 heteroatoms. The van der Waals surface area contributed by atoms with Crippen LogP contribution in [0.2, 0.25) is 0 Å². The molecule has 3 amide bonds. The van der Waals surface area contributed by atoms with Crippen molar-refractivity contribution in [2.24, 2.45) is 0 Å². The first-order valence-electron chi connectivity index (χ1n) is 9.44. The second-order valence-electron chi connectivity index (χ2n) is 7.33. The van der Waals surface area contributed by atoms with Crippen LogP contribution >= 0.6 is 0 Å². The Morgan fingerprint density at radius 3 is 2.79 bits per heavy atom. The molecule has 3 aliphatic rings. The molecule has 28 heavy (non-hydrogen) atoms. The highest BCUT2D eigenvalue weighted by Crippen LogP contribution is 2.38. The van der Waals surface area contributed by atoms with Crippen LogP contribution in [0.15, 0.2) is 18.2 Å². The highest BCUT2D eigenvalue weighted by Gasteiger charge is 2.36. The summed E-state index contributed by atoms with van der Waals surface area (Å²) in [5.41, 5.74) is 1.68. The van der Waals surface area contributed by atoms with E-state index in [1.165, 1.54) is 6.92 Å². The normalized spacial score (nSPS) is 23.5. The molecule has 1 unspecified atom stereocenters. The van der Waals surface area contributed by atoms with Crippen molar-refractivity contribution in [1.82, 2.24) is 10.2 Å². The maximum absolute atomic E-state index is 12.2. The van der Waals surface area contributed by atoms with Crippen molar-refractivity contribution in [2.75, 3.05) is 49.1 Å². The van der Waals surface area contributed by atoms with Gasteiger partial charge in [0.05, 0.1) is 30.5 Å². The number of anilines is 2. The number of nitrogens with one attached hydrogen (secondary N) is 1. The van der Waals surface area contributed by atoms with Gasteiger partial charge in [-0.25, -0.2) is 4.79 Å². The molecular weight excluding hydrogens is 364 g/mol. The van der Waals surface area contributed by atoms with Gasteiger partial charge in [0.15, 0.2) is 0 Å². The topological polar surface area (TPSA) is 91.4 Å². The minimum absolute atomic E-state index is 0.0853. The molecule has 0 spiro atoms. The monoisotopic (exact) mass is 388 g/mol. The zero-order chi connectivity index (χ0) is 19.8. The number of nitrogens with zero attached hydrogens (tertiary/aromatic N) is 3. The van der Waals surface area contributed by atoms with Crippen LogP contribution in [0.1, 0.15) is 13.8 Å². The van der Waals surface area contributed by atoms with Crippen LogP contribution in [0.25, 0.3) is 0 Å². The molecule has 3 aliphatic heterocycles. The van der Waals surface area contributed by atoms with Crippen molar-refractivity contribution >= 4 is 29.3 Å². The molecule has 1 N–H and O–H groups in total. The minimum atomic E-state index is -0.431. The quantitative estimate of drug-likeness (QED) is 0.814. The summed E-state index contributed by atoms with van der Waals surface area (Å²) in [6.45, 7) is 6.28. The molecule has 2 fully saturated rings. The molecular formula is C19H24N4O5. The fraction of sp³-hybridized carbons (Fsp3) is 0.526. The highest BCUT2D eigenvalue weighted by atomic mass is 16.6. The van der Waals surface area contributed by atoms with E-state index in [9.17, 15) is 14.4 Å². The Balaban J connectivity index is 1.48. The molecule has 9 nitrogen and oxygen atoms in total. The van der Waals surface area contributed by atoms with Gasteiger partial charge in [-0.3, -0.25) is 14.5 Å². The molecule has 150 valence electrons. The van der Waals surface area contributed by atoms with E-state index in [2.05, 4.69) is 10.2 Å². The number of piperazine rings is 1. The van der Waals surface area contributed by atoms with Crippen LogP contribution in [0.3, 0.4) is 0 Å². The fourth-order valence-electron chi connectivity index (χ4n) is 3.91. The zero-order valence-electron chi connectivity index (χ0n) is 16.0. The summed E-state index contributed by atoms with van der Waals surface area (Å²) in [7, 11) is 0. The third-order valence-corrected chi connectivity index (χ3v) is 5.38. The van der Waals surface area contributed by atoms with Crippen LogP contribution in [0, 0.1) is 0 Å². The van der Waals surface area contributed by atoms with E-state index < -0.39 is 6.09 Å². The number of hydrogen-bond donors (Lipinski definition) is 1. The Morgan fingerprint density at radius 1 is 1.21 bits per heavy atom. The van der Waals surface area contributed by atoms with E-state index >= 15 is 0 Å². The molecule has 1 aromatic rings. The largest absolute Gasteiger partial charge is 0.489 e. The van der Waals surface area contributed by atoms with E-state index in [0.717, 1.165) is 18.0 Å². The molecule has 2 atom stereocenters. The molecule has 0 aliphatic carbocycles. The van der Waals surface area contributed by atoms with Gasteiger partial charge in [-0.2, -0.15) is 0 Å². The maximum Gasteiger partial charge on any atom is 0.414 e. The van der Waals surface area contributed by atoms with Crippen molar-refractivity contribution < 1.29 is 23.9 Å². The van der Waals surface area contributed by atoms with Gasteiger partial charge in [0.1, 0.15) is 18.5 Å². The SMILES string of the molecule is CC(=O)NC[C@H]1CN(c2ccc3c(c2)OCC2CN(C(C)=O)CCN32)C(=O)O1. The molecule has 1 aromatic carbocycles. The first kappa shape index (κ1) is 18.4. The Labute approximate surface area is 163 Å². The standard InChI is InChI=1S/C19H24N4O5/c1-12(24)20-8-16-10-23(19(26)28-16)14-3-4-17-18(7-14)27-11-15-9-21(13(2)25)5-6-22(15)17/h3-4,7,15-16H,5-6,8-11H2,1-2H3,(H,20,24)/t15?,16-/m0/s1. The van der Waals surface area contributed by atoms with Gasteiger partial charge >= 0.3 is 6.09 Å². The van der Waals surface area contributed by atoms with E-state index in [1.54, 1.807) is 11.8 Å². The fourth-order valence-corrected chi connectivity index (χ4v) is 3.91. The Kier molecular flexibility index (Phi) is 4.74. The van der Waals surface area contributed by atoms with Gasteiger partial charge in [0.2, 0.25) is 11.8 Å². The van der Waals surface area contributed by atoms with Crippen LogP contribution in [-0.2, 0) is 14.3 Å². The lowest BCUT2D eigenvalue weighted by Gasteiger charge is -2.45. The lowest BCUT2D eigenvalue weighted by Crippen LogP contribution is -2.58. The average molecular weight is 388 g/mol. The molecule has 0 bridgehead atoms. The first-order valence-corrected chi connectivity index (χ1v) is 9.44. The van der Waals surface area contributed by atoms with Gasteiger partial charge < -0.3 is 24.6 Å². The van der Waals surface area contributed by atoms with Crippen molar-refractivity contribution in [3.05, 3.63) is 18.2 Å². The average Bonchev–Trinajstić information content (AvgIpc) is 3.06. The van der Waals surface area contributed by atoms with Crippen molar-refractivity contribution in [3.8, 4) is 5.75 Å². The first-order chi connectivity index (χ1) is 13.4. The third kappa shape index (κ3) is 3.44. The van der Waals surface area contributed by atoms with E-state index in [0.29, 0.717) is 38.5 Å². The van der Waals surface area contributed by atoms with Crippen molar-refractivity contribution in [2.45, 2.75) is 26.0 Å². The number of ether oxygens (including phenoxy) is 2. The van der Waals surface area contributed by atoms with Crippen molar-refractivity contribution in [3.63, 3.8) is 0 Å². The number of rotatable bonds is 3. The molecule has 0 saturated carbocycles. The summed E-state index contributed by atoms with van der Waals surface area (Å²) >= 11 is 0. The van der Waals surface area contributed by atoms with Gasteiger partial charge in [0, 0.05) is 39.5 Å². The third-order valence-electron chi connectivity index (χ3n) is 5.38. The lowest BCUT2D eigenvalue weighted by molar-refractivity contribution is -0.129. The molecule has 2 saturated heterocycles. The molecule has 0 radical (unpaired) electrons. The number of fused-ring (bicyclic) bond motifs is 3. The van der Waals surface area contributed by atoms with Crippen LogP contribution in [0.4, 0.5) is 16.2 Å². The number of cyclic esters (lactones) is 1.